The van der Waals surface area contributed by atoms with E-state index in [0.717, 1.165) is 17.5 Å². The average Bonchev–Trinajstić information content (AvgIpc) is 2.56. The second-order valence-electron chi connectivity index (χ2n) is 3.74. The first-order valence-corrected chi connectivity index (χ1v) is 4.81. The Bertz CT molecular complexity index is 340. The first-order chi connectivity index (χ1) is 6.68. The Morgan fingerprint density at radius 3 is 2.93 bits per heavy atom. The van der Waals surface area contributed by atoms with Crippen LogP contribution in [-0.2, 0) is 4.74 Å². The predicted octanol–water partition coefficient (Wildman–Crippen LogP) is 1.92. The molecule has 2 unspecified atom stereocenters. The van der Waals surface area contributed by atoms with Gasteiger partial charge in [-0.05, 0) is 36.6 Å². The fraction of sp³-hybridized carbons (Fsp3) is 0.455. The van der Waals surface area contributed by atoms with Crippen molar-refractivity contribution in [3.63, 3.8) is 0 Å². The molecular weight excluding hydrogens is 181 g/mol. The van der Waals surface area contributed by atoms with Crippen molar-refractivity contribution in [2.45, 2.75) is 25.5 Å². The van der Waals surface area contributed by atoms with E-state index in [9.17, 15) is 4.39 Å². The number of halogens is 1. The molecule has 2 atom stereocenters. The van der Waals surface area contributed by atoms with Gasteiger partial charge in [0.1, 0.15) is 5.82 Å². The lowest BCUT2D eigenvalue weighted by atomic mass is 9.98. The van der Waals surface area contributed by atoms with Crippen molar-refractivity contribution >= 4 is 0 Å². The lowest BCUT2D eigenvalue weighted by Gasteiger charge is -2.17. The van der Waals surface area contributed by atoms with Gasteiger partial charge in [-0.2, -0.15) is 0 Å². The molecule has 0 bridgehead atoms. The zero-order chi connectivity index (χ0) is 10.1. The minimum absolute atomic E-state index is 0.00417. The van der Waals surface area contributed by atoms with Crippen LogP contribution in [0, 0.1) is 12.7 Å². The van der Waals surface area contributed by atoms with Crippen molar-refractivity contribution in [3.8, 4) is 0 Å². The monoisotopic (exact) mass is 195 g/mol. The van der Waals surface area contributed by atoms with Crippen LogP contribution in [0.4, 0.5) is 4.39 Å². The molecule has 0 spiro atoms. The third kappa shape index (κ3) is 1.65. The predicted molar refractivity (Wildman–Crippen MR) is 52.4 cm³/mol. The molecule has 1 aromatic rings. The van der Waals surface area contributed by atoms with Crippen molar-refractivity contribution in [2.75, 3.05) is 6.61 Å². The van der Waals surface area contributed by atoms with Crippen molar-refractivity contribution in [1.29, 1.82) is 0 Å². The molecule has 0 radical (unpaired) electrons. The zero-order valence-electron chi connectivity index (χ0n) is 8.16. The average molecular weight is 195 g/mol. The van der Waals surface area contributed by atoms with E-state index >= 15 is 0 Å². The third-order valence-corrected chi connectivity index (χ3v) is 2.69. The van der Waals surface area contributed by atoms with E-state index in [4.69, 9.17) is 10.5 Å². The number of hydrogen-bond donors (Lipinski definition) is 1. The van der Waals surface area contributed by atoms with Crippen LogP contribution in [0.15, 0.2) is 18.2 Å². The Kier molecular flexibility index (Phi) is 2.52. The molecule has 2 rings (SSSR count). The molecule has 76 valence electrons. The summed E-state index contributed by atoms with van der Waals surface area (Å²) >= 11 is 0. The van der Waals surface area contributed by atoms with Gasteiger partial charge in [-0.15, -0.1) is 0 Å². The highest BCUT2D eigenvalue weighted by Crippen LogP contribution is 2.30. The van der Waals surface area contributed by atoms with Gasteiger partial charge in [0.05, 0.1) is 6.10 Å². The van der Waals surface area contributed by atoms with Gasteiger partial charge in [0.2, 0.25) is 0 Å². The van der Waals surface area contributed by atoms with Crippen LogP contribution >= 0.6 is 0 Å². The van der Waals surface area contributed by atoms with Gasteiger partial charge in [0, 0.05) is 12.6 Å². The van der Waals surface area contributed by atoms with E-state index in [0.29, 0.717) is 6.61 Å². The second-order valence-corrected chi connectivity index (χ2v) is 3.74. The summed E-state index contributed by atoms with van der Waals surface area (Å²) < 4.78 is 18.5. The van der Waals surface area contributed by atoms with Crippen LogP contribution in [0.25, 0.3) is 0 Å². The number of aryl methyl sites for hydroxylation is 1. The number of benzene rings is 1. The van der Waals surface area contributed by atoms with Crippen molar-refractivity contribution in [1.82, 2.24) is 0 Å². The molecule has 1 aliphatic rings. The molecule has 1 fully saturated rings. The summed E-state index contributed by atoms with van der Waals surface area (Å²) in [5.74, 6) is -0.228. The molecule has 2 nitrogen and oxygen atoms in total. The topological polar surface area (TPSA) is 35.2 Å². The quantitative estimate of drug-likeness (QED) is 0.743. The molecule has 0 amide bonds. The molecular formula is C11H14FNO. The highest BCUT2D eigenvalue weighted by atomic mass is 19.1. The molecule has 1 saturated heterocycles. The lowest BCUT2D eigenvalue weighted by Crippen LogP contribution is -2.24. The zero-order valence-corrected chi connectivity index (χ0v) is 8.16. The van der Waals surface area contributed by atoms with Crippen LogP contribution in [-0.4, -0.2) is 12.6 Å². The number of hydrogen-bond acceptors (Lipinski definition) is 2. The molecule has 0 aromatic heterocycles. The molecule has 2 N–H and O–H groups in total. The maximum absolute atomic E-state index is 13.0. The summed E-state index contributed by atoms with van der Waals surface area (Å²) in [6.45, 7) is 2.62. The van der Waals surface area contributed by atoms with E-state index < -0.39 is 0 Å². The van der Waals surface area contributed by atoms with E-state index in [1.54, 1.807) is 6.07 Å². The third-order valence-electron chi connectivity index (χ3n) is 2.69. The van der Waals surface area contributed by atoms with Crippen LogP contribution in [0.5, 0.6) is 0 Å². The Labute approximate surface area is 82.9 Å². The van der Waals surface area contributed by atoms with Crippen molar-refractivity contribution in [3.05, 3.63) is 35.1 Å². The van der Waals surface area contributed by atoms with Gasteiger partial charge >= 0.3 is 0 Å². The second kappa shape index (κ2) is 3.67. The van der Waals surface area contributed by atoms with Gasteiger partial charge in [0.15, 0.2) is 0 Å². The van der Waals surface area contributed by atoms with Crippen molar-refractivity contribution < 1.29 is 9.13 Å². The minimum Gasteiger partial charge on any atom is -0.372 e. The lowest BCUT2D eigenvalue weighted by molar-refractivity contribution is 0.104. The van der Waals surface area contributed by atoms with Gasteiger partial charge in [-0.3, -0.25) is 0 Å². The maximum Gasteiger partial charge on any atom is 0.123 e. The Morgan fingerprint density at radius 2 is 2.29 bits per heavy atom. The standard InChI is InChI=1S/C11H14FNO/c1-7-2-3-8(12)6-9(7)11-10(13)4-5-14-11/h2-3,6,10-11H,4-5,13H2,1H3. The largest absolute Gasteiger partial charge is 0.372 e. The smallest absolute Gasteiger partial charge is 0.123 e. The molecule has 14 heavy (non-hydrogen) atoms. The molecule has 3 heteroatoms. The molecule has 1 aliphatic heterocycles. The molecule has 0 saturated carbocycles. The van der Waals surface area contributed by atoms with Crippen molar-refractivity contribution in [2.24, 2.45) is 5.73 Å². The normalized spacial score (nSPS) is 26.8. The summed E-state index contributed by atoms with van der Waals surface area (Å²) in [6.07, 6.45) is 0.714. The maximum atomic E-state index is 13.0. The number of nitrogens with two attached hydrogens (primary N) is 1. The molecule has 0 aliphatic carbocycles. The first-order valence-electron chi connectivity index (χ1n) is 4.81. The summed E-state index contributed by atoms with van der Waals surface area (Å²) in [5.41, 5.74) is 7.80. The van der Waals surface area contributed by atoms with E-state index in [1.807, 2.05) is 6.92 Å². The summed E-state index contributed by atoms with van der Waals surface area (Å²) in [7, 11) is 0. The SMILES string of the molecule is Cc1ccc(F)cc1C1OCCC1N. The highest BCUT2D eigenvalue weighted by Gasteiger charge is 2.27. The van der Waals surface area contributed by atoms with Crippen LogP contribution in [0.2, 0.25) is 0 Å². The van der Waals surface area contributed by atoms with E-state index in [-0.39, 0.29) is 18.0 Å². The van der Waals surface area contributed by atoms with Crippen LogP contribution in [0.1, 0.15) is 23.7 Å². The van der Waals surface area contributed by atoms with Gasteiger partial charge in [-0.25, -0.2) is 4.39 Å². The summed E-state index contributed by atoms with van der Waals surface area (Å²) in [4.78, 5) is 0. The van der Waals surface area contributed by atoms with Crippen LogP contribution in [0.3, 0.4) is 0 Å². The van der Waals surface area contributed by atoms with E-state index in [2.05, 4.69) is 0 Å². The molecule has 1 heterocycles. The Balaban J connectivity index is 2.34. The molecule has 1 aromatic carbocycles. The fourth-order valence-electron chi connectivity index (χ4n) is 1.84. The number of ether oxygens (including phenoxy) is 1. The van der Waals surface area contributed by atoms with Crippen LogP contribution < -0.4 is 5.73 Å². The summed E-state index contributed by atoms with van der Waals surface area (Å²) in [5, 5.41) is 0. The Morgan fingerprint density at radius 1 is 1.50 bits per heavy atom. The number of rotatable bonds is 1. The Hall–Kier alpha value is -0.930. The first kappa shape index (κ1) is 9.62. The fourth-order valence-corrected chi connectivity index (χ4v) is 1.84. The van der Waals surface area contributed by atoms with E-state index in [1.165, 1.54) is 12.1 Å². The van der Waals surface area contributed by atoms with Gasteiger partial charge < -0.3 is 10.5 Å². The highest BCUT2D eigenvalue weighted by molar-refractivity contribution is 5.30. The summed E-state index contributed by atoms with van der Waals surface area (Å²) in [6, 6.07) is 4.74. The van der Waals surface area contributed by atoms with Gasteiger partial charge in [0.25, 0.3) is 0 Å². The minimum atomic E-state index is -0.228. The van der Waals surface area contributed by atoms with Gasteiger partial charge in [-0.1, -0.05) is 6.07 Å².